The molecule has 110 valence electrons. The average molecular weight is 344 g/mol. The molecule has 6 heteroatoms. The van der Waals surface area contributed by atoms with Crippen LogP contribution in [0.1, 0.15) is 20.3 Å². The number of carbonyl (C=O) groups excluding carboxylic acids is 1. The highest BCUT2D eigenvalue weighted by atomic mass is 79.9. The molecule has 1 amide bonds. The molecule has 0 radical (unpaired) electrons. The summed E-state index contributed by atoms with van der Waals surface area (Å²) in [7, 11) is 0. The number of aliphatic carboxylic acids is 1. The lowest BCUT2D eigenvalue weighted by atomic mass is 9.90. The maximum atomic E-state index is 11.6. The molecular weight excluding hydrogens is 326 g/mol. The van der Waals surface area contributed by atoms with Gasteiger partial charge in [-0.3, -0.25) is 9.59 Å². The highest BCUT2D eigenvalue weighted by molar-refractivity contribution is 9.10. The summed E-state index contributed by atoms with van der Waals surface area (Å²) in [6, 6.07) is 7.24. The number of ether oxygens (including phenoxy) is 1. The number of para-hydroxylation sites is 1. The van der Waals surface area contributed by atoms with Gasteiger partial charge in [-0.25, -0.2) is 0 Å². The van der Waals surface area contributed by atoms with Crippen molar-refractivity contribution in [2.75, 3.05) is 13.2 Å². The van der Waals surface area contributed by atoms with E-state index in [4.69, 9.17) is 9.84 Å². The summed E-state index contributed by atoms with van der Waals surface area (Å²) in [6.45, 7) is 3.45. The van der Waals surface area contributed by atoms with Gasteiger partial charge in [-0.2, -0.15) is 0 Å². The molecule has 0 aliphatic heterocycles. The molecule has 0 heterocycles. The Labute approximate surface area is 126 Å². The van der Waals surface area contributed by atoms with E-state index in [2.05, 4.69) is 21.2 Å². The average Bonchev–Trinajstić information content (AvgIpc) is 2.37. The van der Waals surface area contributed by atoms with Gasteiger partial charge in [0.05, 0.1) is 9.89 Å². The van der Waals surface area contributed by atoms with Crippen molar-refractivity contribution in [3.05, 3.63) is 28.7 Å². The predicted molar refractivity (Wildman–Crippen MR) is 78.7 cm³/mol. The van der Waals surface area contributed by atoms with Crippen molar-refractivity contribution in [1.29, 1.82) is 0 Å². The highest BCUT2D eigenvalue weighted by Gasteiger charge is 2.26. The molecule has 0 aliphatic carbocycles. The molecule has 1 rings (SSSR count). The first-order chi connectivity index (χ1) is 9.33. The Balaban J connectivity index is 2.31. The minimum Gasteiger partial charge on any atom is -0.483 e. The minimum absolute atomic E-state index is 0.101. The van der Waals surface area contributed by atoms with Crippen LogP contribution in [0.25, 0.3) is 0 Å². The van der Waals surface area contributed by atoms with E-state index in [1.165, 1.54) is 0 Å². The van der Waals surface area contributed by atoms with Crippen LogP contribution in [0.4, 0.5) is 0 Å². The van der Waals surface area contributed by atoms with E-state index in [1.54, 1.807) is 19.9 Å². The molecule has 0 fully saturated rings. The monoisotopic (exact) mass is 343 g/mol. The molecule has 5 nitrogen and oxygen atoms in total. The lowest BCUT2D eigenvalue weighted by Crippen LogP contribution is -2.34. The van der Waals surface area contributed by atoms with E-state index in [0.717, 1.165) is 4.47 Å². The number of nitrogens with one attached hydrogen (secondary N) is 1. The second kappa shape index (κ2) is 7.28. The molecule has 0 aromatic heterocycles. The summed E-state index contributed by atoms with van der Waals surface area (Å²) < 4.78 is 6.13. The number of carboxylic acids is 1. The van der Waals surface area contributed by atoms with Crippen molar-refractivity contribution in [3.8, 4) is 5.75 Å². The van der Waals surface area contributed by atoms with E-state index < -0.39 is 11.4 Å². The Hall–Kier alpha value is -1.56. The van der Waals surface area contributed by atoms with Crippen LogP contribution in [0.5, 0.6) is 5.75 Å². The maximum absolute atomic E-state index is 11.6. The number of benzene rings is 1. The normalized spacial score (nSPS) is 10.9. The molecule has 1 aromatic carbocycles. The molecule has 2 N–H and O–H groups in total. The summed E-state index contributed by atoms with van der Waals surface area (Å²) >= 11 is 3.32. The zero-order valence-corrected chi connectivity index (χ0v) is 13.1. The lowest BCUT2D eigenvalue weighted by molar-refractivity contribution is -0.147. The van der Waals surface area contributed by atoms with E-state index >= 15 is 0 Å². The van der Waals surface area contributed by atoms with Gasteiger partial charge >= 0.3 is 5.97 Å². The largest absolute Gasteiger partial charge is 0.483 e. The first-order valence-electron chi connectivity index (χ1n) is 6.20. The van der Waals surface area contributed by atoms with Crippen molar-refractivity contribution in [1.82, 2.24) is 5.32 Å². The van der Waals surface area contributed by atoms with Crippen LogP contribution in [0.2, 0.25) is 0 Å². The Morgan fingerprint density at radius 2 is 2.00 bits per heavy atom. The van der Waals surface area contributed by atoms with E-state index in [1.807, 2.05) is 18.2 Å². The van der Waals surface area contributed by atoms with Crippen molar-refractivity contribution < 1.29 is 19.4 Å². The van der Waals surface area contributed by atoms with E-state index in [9.17, 15) is 9.59 Å². The van der Waals surface area contributed by atoms with Crippen molar-refractivity contribution >= 4 is 27.8 Å². The van der Waals surface area contributed by atoms with Crippen molar-refractivity contribution in [2.45, 2.75) is 20.3 Å². The molecule has 1 aromatic rings. The topological polar surface area (TPSA) is 75.6 Å². The number of rotatable bonds is 7. The second-order valence-electron chi connectivity index (χ2n) is 5.01. The van der Waals surface area contributed by atoms with Gasteiger partial charge in [0.2, 0.25) is 0 Å². The number of carbonyl (C=O) groups is 2. The lowest BCUT2D eigenvalue weighted by Gasteiger charge is -2.18. The maximum Gasteiger partial charge on any atom is 0.309 e. The minimum atomic E-state index is -0.879. The van der Waals surface area contributed by atoms with Gasteiger partial charge in [-0.1, -0.05) is 12.1 Å². The number of hydrogen-bond acceptors (Lipinski definition) is 3. The van der Waals surface area contributed by atoms with Crippen LogP contribution in [0, 0.1) is 5.41 Å². The molecule has 0 spiro atoms. The first kappa shape index (κ1) is 16.5. The Morgan fingerprint density at radius 1 is 1.35 bits per heavy atom. The number of carboxylic acid groups (broad SMARTS) is 1. The molecule has 0 aliphatic rings. The summed E-state index contributed by atoms with van der Waals surface area (Å²) in [4.78, 5) is 22.5. The van der Waals surface area contributed by atoms with Crippen LogP contribution < -0.4 is 10.1 Å². The molecule has 0 unspecified atom stereocenters. The third-order valence-corrected chi connectivity index (χ3v) is 3.50. The van der Waals surface area contributed by atoms with Crippen LogP contribution in [-0.2, 0) is 9.59 Å². The number of halogens is 1. The van der Waals surface area contributed by atoms with Crippen LogP contribution in [0.3, 0.4) is 0 Å². The van der Waals surface area contributed by atoms with Gasteiger partial charge in [-0.05, 0) is 48.3 Å². The van der Waals surface area contributed by atoms with E-state index in [0.29, 0.717) is 18.7 Å². The van der Waals surface area contributed by atoms with Crippen LogP contribution in [0.15, 0.2) is 28.7 Å². The molecule has 20 heavy (non-hydrogen) atoms. The molecule has 0 bridgehead atoms. The fourth-order valence-electron chi connectivity index (χ4n) is 1.38. The fourth-order valence-corrected chi connectivity index (χ4v) is 1.78. The Bertz CT molecular complexity index is 488. The Morgan fingerprint density at radius 3 is 2.60 bits per heavy atom. The van der Waals surface area contributed by atoms with Crippen molar-refractivity contribution in [2.24, 2.45) is 5.41 Å². The zero-order chi connectivity index (χ0) is 15.2. The van der Waals surface area contributed by atoms with Gasteiger partial charge in [0.25, 0.3) is 5.91 Å². The molecular formula is C14H18BrNO4. The van der Waals surface area contributed by atoms with Gasteiger partial charge in [0.15, 0.2) is 6.61 Å². The van der Waals surface area contributed by atoms with Gasteiger partial charge in [0, 0.05) is 6.54 Å². The third-order valence-electron chi connectivity index (χ3n) is 2.85. The van der Waals surface area contributed by atoms with E-state index in [-0.39, 0.29) is 12.5 Å². The summed E-state index contributed by atoms with van der Waals surface area (Å²) in [5, 5.41) is 11.6. The number of amides is 1. The molecule has 0 saturated carbocycles. The Kier molecular flexibility index (Phi) is 6.01. The van der Waals surface area contributed by atoms with Crippen LogP contribution in [-0.4, -0.2) is 30.1 Å². The van der Waals surface area contributed by atoms with Crippen molar-refractivity contribution in [3.63, 3.8) is 0 Å². The number of hydrogen-bond donors (Lipinski definition) is 2. The summed E-state index contributed by atoms with van der Waals surface area (Å²) in [6.07, 6.45) is 0.364. The first-order valence-corrected chi connectivity index (χ1v) is 6.99. The fraction of sp³-hybridized carbons (Fsp3) is 0.429. The zero-order valence-electron chi connectivity index (χ0n) is 11.5. The van der Waals surface area contributed by atoms with Crippen LogP contribution >= 0.6 is 15.9 Å². The quantitative estimate of drug-likeness (QED) is 0.797. The summed E-state index contributed by atoms with van der Waals surface area (Å²) in [5.74, 6) is -0.563. The molecule has 0 saturated heterocycles. The SMILES string of the molecule is CC(C)(CCNC(=O)COc1ccccc1Br)C(=O)O. The standard InChI is InChI=1S/C14H18BrNO4/c1-14(2,13(18)19)7-8-16-12(17)9-20-11-6-4-3-5-10(11)15/h3-6H,7-9H2,1-2H3,(H,16,17)(H,18,19). The summed E-state index contributed by atoms with van der Waals surface area (Å²) in [5.41, 5.74) is -0.851. The smallest absolute Gasteiger partial charge is 0.309 e. The van der Waals surface area contributed by atoms with Gasteiger partial charge in [-0.15, -0.1) is 0 Å². The predicted octanol–water partition coefficient (Wildman–Crippen LogP) is 2.45. The molecule has 0 atom stereocenters. The van der Waals surface area contributed by atoms with Gasteiger partial charge in [0.1, 0.15) is 5.75 Å². The van der Waals surface area contributed by atoms with Gasteiger partial charge < -0.3 is 15.2 Å². The third kappa shape index (κ3) is 5.21. The second-order valence-corrected chi connectivity index (χ2v) is 5.86. The highest BCUT2D eigenvalue weighted by Crippen LogP contribution is 2.23.